The Kier molecular flexibility index (Phi) is 4.59. The third kappa shape index (κ3) is 3.51. The van der Waals surface area contributed by atoms with Crippen LogP contribution in [0.25, 0.3) is 0 Å². The summed E-state index contributed by atoms with van der Waals surface area (Å²) in [5.41, 5.74) is 2.79. The summed E-state index contributed by atoms with van der Waals surface area (Å²) in [4.78, 5) is 26.0. The summed E-state index contributed by atoms with van der Waals surface area (Å²) in [6.07, 6.45) is 0.195. The van der Waals surface area contributed by atoms with Crippen molar-refractivity contribution in [2.45, 2.75) is 25.9 Å². The van der Waals surface area contributed by atoms with Gasteiger partial charge in [-0.25, -0.2) is 4.90 Å². The second kappa shape index (κ2) is 6.64. The van der Waals surface area contributed by atoms with E-state index >= 15 is 0 Å². The third-order valence-electron chi connectivity index (χ3n) is 3.88. The minimum absolute atomic E-state index is 0.161. The highest BCUT2D eigenvalue weighted by Gasteiger charge is 2.39. The Balaban J connectivity index is 1.70. The number of amides is 2. The number of hydrogen-bond donors (Lipinski definition) is 1. The Morgan fingerprint density at radius 3 is 2.61 bits per heavy atom. The first-order valence-electron chi connectivity index (χ1n) is 7.46. The first-order valence-corrected chi connectivity index (χ1v) is 8.25. The number of hydrogen-bond acceptors (Lipinski definition) is 3. The number of anilines is 1. The van der Waals surface area contributed by atoms with E-state index < -0.39 is 6.04 Å². The van der Waals surface area contributed by atoms with Crippen molar-refractivity contribution in [3.63, 3.8) is 0 Å². The zero-order valence-corrected chi connectivity index (χ0v) is 14.3. The highest BCUT2D eigenvalue weighted by molar-refractivity contribution is 9.10. The lowest BCUT2D eigenvalue weighted by Gasteiger charge is -2.16. The third-order valence-corrected chi connectivity index (χ3v) is 4.37. The molecule has 1 aliphatic rings. The standard InChI is InChI=1S/C18H17BrN2O2/c1-12-5-7-15(8-6-12)21-17(22)10-16(18(21)23)20-11-13-3-2-4-14(19)9-13/h2-9,16,20H,10-11H2,1H3/t16-/m0/s1. The molecule has 1 atom stereocenters. The van der Waals surface area contributed by atoms with Gasteiger partial charge in [0.2, 0.25) is 5.91 Å². The Morgan fingerprint density at radius 2 is 1.91 bits per heavy atom. The molecule has 2 aromatic carbocycles. The van der Waals surface area contributed by atoms with Crippen LogP contribution in [-0.4, -0.2) is 17.9 Å². The Labute approximate surface area is 143 Å². The van der Waals surface area contributed by atoms with E-state index in [2.05, 4.69) is 21.2 Å². The van der Waals surface area contributed by atoms with Crippen molar-refractivity contribution in [2.75, 3.05) is 4.90 Å². The molecule has 5 heteroatoms. The van der Waals surface area contributed by atoms with Crippen LogP contribution in [0.5, 0.6) is 0 Å². The van der Waals surface area contributed by atoms with Crippen LogP contribution in [0.1, 0.15) is 17.5 Å². The number of carbonyl (C=O) groups is 2. The minimum atomic E-state index is -0.470. The normalized spacial score (nSPS) is 17.8. The highest BCUT2D eigenvalue weighted by atomic mass is 79.9. The second-order valence-electron chi connectivity index (χ2n) is 5.67. The summed E-state index contributed by atoms with van der Waals surface area (Å²) in [5.74, 6) is -0.348. The van der Waals surface area contributed by atoms with Crippen LogP contribution < -0.4 is 10.2 Å². The molecule has 1 aliphatic heterocycles. The van der Waals surface area contributed by atoms with E-state index in [0.717, 1.165) is 15.6 Å². The molecule has 1 heterocycles. The van der Waals surface area contributed by atoms with E-state index in [1.165, 1.54) is 4.90 Å². The first kappa shape index (κ1) is 15.9. The van der Waals surface area contributed by atoms with E-state index in [4.69, 9.17) is 0 Å². The monoisotopic (exact) mass is 372 g/mol. The smallest absolute Gasteiger partial charge is 0.251 e. The second-order valence-corrected chi connectivity index (χ2v) is 6.59. The zero-order chi connectivity index (χ0) is 16.4. The lowest BCUT2D eigenvalue weighted by atomic mass is 10.2. The topological polar surface area (TPSA) is 49.4 Å². The molecule has 4 nitrogen and oxygen atoms in total. The van der Waals surface area contributed by atoms with Gasteiger partial charge in [-0.1, -0.05) is 45.8 Å². The lowest BCUT2D eigenvalue weighted by molar-refractivity contribution is -0.121. The zero-order valence-electron chi connectivity index (χ0n) is 12.8. The largest absolute Gasteiger partial charge is 0.301 e. The number of halogens is 1. The fraction of sp³-hybridized carbons (Fsp3) is 0.222. The van der Waals surface area contributed by atoms with Gasteiger partial charge in [-0.15, -0.1) is 0 Å². The predicted octanol–water partition coefficient (Wildman–Crippen LogP) is 3.18. The minimum Gasteiger partial charge on any atom is -0.301 e. The Bertz CT molecular complexity index is 743. The number of nitrogens with one attached hydrogen (secondary N) is 1. The first-order chi connectivity index (χ1) is 11.0. The van der Waals surface area contributed by atoms with E-state index in [0.29, 0.717) is 12.2 Å². The molecule has 1 fully saturated rings. The van der Waals surface area contributed by atoms with Crippen LogP contribution in [0.2, 0.25) is 0 Å². The van der Waals surface area contributed by atoms with Gasteiger partial charge in [-0.2, -0.15) is 0 Å². The van der Waals surface area contributed by atoms with Gasteiger partial charge in [0, 0.05) is 11.0 Å². The van der Waals surface area contributed by atoms with Crippen LogP contribution in [0.15, 0.2) is 53.0 Å². The molecule has 0 saturated carbocycles. The quantitative estimate of drug-likeness (QED) is 0.838. The van der Waals surface area contributed by atoms with Crippen molar-refractivity contribution in [3.8, 4) is 0 Å². The van der Waals surface area contributed by atoms with Gasteiger partial charge < -0.3 is 5.32 Å². The van der Waals surface area contributed by atoms with Crippen LogP contribution >= 0.6 is 15.9 Å². The number of aryl methyl sites for hydroxylation is 1. The van der Waals surface area contributed by atoms with Crippen LogP contribution in [0.4, 0.5) is 5.69 Å². The maximum absolute atomic E-state index is 12.5. The van der Waals surface area contributed by atoms with Gasteiger partial charge in [0.05, 0.1) is 18.2 Å². The van der Waals surface area contributed by atoms with E-state index in [9.17, 15) is 9.59 Å². The maximum Gasteiger partial charge on any atom is 0.251 e. The van der Waals surface area contributed by atoms with Gasteiger partial charge in [-0.05, 0) is 36.8 Å². The van der Waals surface area contributed by atoms with Gasteiger partial charge in [0.25, 0.3) is 5.91 Å². The average molecular weight is 373 g/mol. The summed E-state index contributed by atoms with van der Waals surface area (Å²) in [6.45, 7) is 2.52. The molecule has 3 rings (SSSR count). The fourth-order valence-electron chi connectivity index (χ4n) is 2.64. The highest BCUT2D eigenvalue weighted by Crippen LogP contribution is 2.23. The van der Waals surface area contributed by atoms with Gasteiger partial charge in [0.1, 0.15) is 0 Å². The van der Waals surface area contributed by atoms with Crippen LogP contribution in [0.3, 0.4) is 0 Å². The van der Waals surface area contributed by atoms with Crippen molar-refractivity contribution < 1.29 is 9.59 Å². The van der Waals surface area contributed by atoms with E-state index in [-0.39, 0.29) is 18.2 Å². The maximum atomic E-state index is 12.5. The number of carbonyl (C=O) groups excluding carboxylic acids is 2. The molecular formula is C18H17BrN2O2. The number of nitrogens with zero attached hydrogens (tertiary/aromatic N) is 1. The fourth-order valence-corrected chi connectivity index (χ4v) is 3.09. The van der Waals surface area contributed by atoms with Crippen molar-refractivity contribution in [1.29, 1.82) is 0 Å². The molecule has 1 saturated heterocycles. The average Bonchev–Trinajstić information content (AvgIpc) is 2.81. The molecule has 2 amide bonds. The number of imide groups is 1. The molecule has 0 spiro atoms. The molecular weight excluding hydrogens is 356 g/mol. The van der Waals surface area contributed by atoms with E-state index in [1.807, 2.05) is 55.5 Å². The molecule has 118 valence electrons. The molecule has 0 aromatic heterocycles. The molecule has 0 bridgehead atoms. The molecule has 23 heavy (non-hydrogen) atoms. The van der Waals surface area contributed by atoms with Crippen molar-refractivity contribution in [1.82, 2.24) is 5.32 Å². The van der Waals surface area contributed by atoms with Crippen molar-refractivity contribution in [2.24, 2.45) is 0 Å². The molecule has 1 N–H and O–H groups in total. The Morgan fingerprint density at radius 1 is 1.17 bits per heavy atom. The summed E-state index contributed by atoms with van der Waals surface area (Å²) in [6, 6.07) is 14.8. The van der Waals surface area contributed by atoms with Gasteiger partial charge in [0.15, 0.2) is 0 Å². The SMILES string of the molecule is Cc1ccc(N2C(=O)C[C@H](NCc3cccc(Br)c3)C2=O)cc1. The Hall–Kier alpha value is -1.98. The van der Waals surface area contributed by atoms with Crippen LogP contribution in [0, 0.1) is 6.92 Å². The molecule has 0 unspecified atom stereocenters. The number of benzene rings is 2. The molecule has 2 aromatic rings. The number of rotatable bonds is 4. The summed E-state index contributed by atoms with van der Waals surface area (Å²) < 4.78 is 0.993. The van der Waals surface area contributed by atoms with E-state index in [1.54, 1.807) is 0 Å². The molecule has 0 radical (unpaired) electrons. The molecule has 0 aliphatic carbocycles. The predicted molar refractivity (Wildman–Crippen MR) is 93.1 cm³/mol. The van der Waals surface area contributed by atoms with Crippen molar-refractivity contribution >= 4 is 33.4 Å². The summed E-state index contributed by atoms with van der Waals surface area (Å²) in [5, 5.41) is 3.18. The van der Waals surface area contributed by atoms with Gasteiger partial charge in [-0.3, -0.25) is 9.59 Å². The van der Waals surface area contributed by atoms with Gasteiger partial charge >= 0.3 is 0 Å². The summed E-state index contributed by atoms with van der Waals surface area (Å²) in [7, 11) is 0. The lowest BCUT2D eigenvalue weighted by Crippen LogP contribution is -2.38. The van der Waals surface area contributed by atoms with Crippen molar-refractivity contribution in [3.05, 3.63) is 64.1 Å². The summed E-state index contributed by atoms with van der Waals surface area (Å²) >= 11 is 3.43. The van der Waals surface area contributed by atoms with Crippen LogP contribution in [-0.2, 0) is 16.1 Å².